The average Bonchev–Trinajstić information content (AvgIpc) is 2.91. The zero-order valence-corrected chi connectivity index (χ0v) is 11.4. The van der Waals surface area contributed by atoms with Crippen molar-refractivity contribution in [2.24, 2.45) is 0 Å². The molecule has 0 bridgehead atoms. The normalized spacial score (nSPS) is 16.9. The number of rotatable bonds is 5. The lowest BCUT2D eigenvalue weighted by Crippen LogP contribution is -2.16. The Morgan fingerprint density at radius 1 is 1.29 bits per heavy atom. The number of nitrogens with one attached hydrogen (secondary N) is 1. The van der Waals surface area contributed by atoms with Gasteiger partial charge in [-0.15, -0.1) is 0 Å². The van der Waals surface area contributed by atoms with E-state index < -0.39 is 0 Å². The Balaban J connectivity index is 2.10. The summed E-state index contributed by atoms with van der Waals surface area (Å²) >= 11 is 0. The monoisotopic (exact) mass is 235 g/mol. The number of aryl methyl sites for hydroxylation is 1. The molecule has 0 atom stereocenters. The van der Waals surface area contributed by atoms with E-state index in [0.29, 0.717) is 6.04 Å². The van der Waals surface area contributed by atoms with Crippen LogP contribution in [-0.2, 0) is 6.42 Å². The second-order valence-corrected chi connectivity index (χ2v) is 5.14. The fraction of sp³-hybridized carbons (Fsp3) is 0.786. The van der Waals surface area contributed by atoms with E-state index >= 15 is 0 Å². The Kier molecular flexibility index (Phi) is 4.21. The molecule has 0 spiro atoms. The molecule has 2 rings (SSSR count). The standard InChI is InChI=1S/C14H25N3/c1-4-15-10-9-14-11(2)16-17(12(14)3)13-7-5-6-8-13/h13,15H,4-10H2,1-3H3. The minimum Gasteiger partial charge on any atom is -0.317 e. The predicted molar refractivity (Wildman–Crippen MR) is 71.5 cm³/mol. The van der Waals surface area contributed by atoms with Gasteiger partial charge in [-0.05, 0) is 51.8 Å². The van der Waals surface area contributed by atoms with Crippen LogP contribution in [0.1, 0.15) is 55.6 Å². The molecule has 17 heavy (non-hydrogen) atoms. The number of nitrogens with zero attached hydrogens (tertiary/aromatic N) is 2. The van der Waals surface area contributed by atoms with Crippen molar-refractivity contribution in [3.05, 3.63) is 17.0 Å². The lowest BCUT2D eigenvalue weighted by atomic mass is 10.1. The van der Waals surface area contributed by atoms with Gasteiger partial charge in [0.15, 0.2) is 0 Å². The van der Waals surface area contributed by atoms with Crippen LogP contribution in [0.15, 0.2) is 0 Å². The molecule has 1 N–H and O–H groups in total. The van der Waals surface area contributed by atoms with Crippen LogP contribution in [0.25, 0.3) is 0 Å². The smallest absolute Gasteiger partial charge is 0.0629 e. The van der Waals surface area contributed by atoms with Gasteiger partial charge in [-0.2, -0.15) is 5.10 Å². The lowest BCUT2D eigenvalue weighted by molar-refractivity contribution is 0.454. The van der Waals surface area contributed by atoms with Crippen molar-refractivity contribution in [1.29, 1.82) is 0 Å². The molecule has 1 fully saturated rings. The van der Waals surface area contributed by atoms with E-state index in [1.807, 2.05) is 0 Å². The van der Waals surface area contributed by atoms with Gasteiger partial charge in [0, 0.05) is 5.69 Å². The molecule has 1 heterocycles. The number of hydrogen-bond donors (Lipinski definition) is 1. The molecule has 0 radical (unpaired) electrons. The van der Waals surface area contributed by atoms with Crippen LogP contribution in [0, 0.1) is 13.8 Å². The van der Waals surface area contributed by atoms with Gasteiger partial charge in [-0.1, -0.05) is 19.8 Å². The SMILES string of the molecule is CCNCCc1c(C)nn(C2CCCC2)c1C. The molecule has 0 aromatic carbocycles. The van der Waals surface area contributed by atoms with E-state index in [1.54, 1.807) is 0 Å². The van der Waals surface area contributed by atoms with Gasteiger partial charge in [0.2, 0.25) is 0 Å². The molecule has 1 saturated carbocycles. The first kappa shape index (κ1) is 12.6. The van der Waals surface area contributed by atoms with Crippen molar-refractivity contribution in [3.8, 4) is 0 Å². The Hall–Kier alpha value is -0.830. The summed E-state index contributed by atoms with van der Waals surface area (Å²) in [6, 6.07) is 0.668. The first-order valence-electron chi connectivity index (χ1n) is 6.99. The molecule has 96 valence electrons. The summed E-state index contributed by atoms with van der Waals surface area (Å²) < 4.78 is 2.30. The van der Waals surface area contributed by atoms with Crippen LogP contribution in [0.4, 0.5) is 0 Å². The Labute approximate surface area is 105 Å². The maximum atomic E-state index is 4.76. The van der Waals surface area contributed by atoms with Crippen LogP contribution in [0.2, 0.25) is 0 Å². The molecule has 0 aliphatic heterocycles. The van der Waals surface area contributed by atoms with Crippen molar-refractivity contribution in [2.75, 3.05) is 13.1 Å². The van der Waals surface area contributed by atoms with Gasteiger partial charge in [0.1, 0.15) is 0 Å². The molecule has 3 nitrogen and oxygen atoms in total. The predicted octanol–water partition coefficient (Wildman–Crippen LogP) is 2.77. The first-order valence-corrected chi connectivity index (χ1v) is 6.99. The third-order valence-corrected chi connectivity index (χ3v) is 3.95. The van der Waals surface area contributed by atoms with Crippen molar-refractivity contribution in [2.45, 2.75) is 58.9 Å². The van der Waals surface area contributed by atoms with E-state index in [2.05, 4.69) is 30.8 Å². The van der Waals surface area contributed by atoms with Crippen molar-refractivity contribution in [1.82, 2.24) is 15.1 Å². The Bertz CT molecular complexity index is 362. The number of hydrogen-bond acceptors (Lipinski definition) is 2. The summed E-state index contributed by atoms with van der Waals surface area (Å²) in [5.41, 5.74) is 4.08. The van der Waals surface area contributed by atoms with Crippen molar-refractivity contribution in [3.63, 3.8) is 0 Å². The minimum absolute atomic E-state index is 0.668. The maximum Gasteiger partial charge on any atom is 0.0629 e. The number of likely N-dealkylation sites (N-methyl/N-ethyl adjacent to an activating group) is 1. The summed E-state index contributed by atoms with van der Waals surface area (Å²) in [4.78, 5) is 0. The topological polar surface area (TPSA) is 29.9 Å². The zero-order chi connectivity index (χ0) is 12.3. The van der Waals surface area contributed by atoms with E-state index in [9.17, 15) is 0 Å². The Morgan fingerprint density at radius 3 is 2.65 bits per heavy atom. The van der Waals surface area contributed by atoms with Gasteiger partial charge in [0.05, 0.1) is 11.7 Å². The fourth-order valence-corrected chi connectivity index (χ4v) is 2.95. The lowest BCUT2D eigenvalue weighted by Gasteiger charge is -2.12. The summed E-state index contributed by atoms with van der Waals surface area (Å²) in [6.45, 7) is 8.66. The molecular formula is C14H25N3. The summed E-state index contributed by atoms with van der Waals surface area (Å²) in [6.07, 6.45) is 6.48. The molecule has 1 aromatic heterocycles. The quantitative estimate of drug-likeness (QED) is 0.795. The second kappa shape index (κ2) is 5.67. The van der Waals surface area contributed by atoms with E-state index in [0.717, 1.165) is 19.5 Å². The van der Waals surface area contributed by atoms with Gasteiger partial charge >= 0.3 is 0 Å². The highest BCUT2D eigenvalue weighted by atomic mass is 15.3. The highest BCUT2D eigenvalue weighted by Crippen LogP contribution is 2.31. The van der Waals surface area contributed by atoms with Crippen molar-refractivity contribution >= 4 is 0 Å². The van der Waals surface area contributed by atoms with Gasteiger partial charge in [-0.3, -0.25) is 4.68 Å². The molecule has 3 heteroatoms. The highest BCUT2D eigenvalue weighted by Gasteiger charge is 2.21. The molecule has 1 aromatic rings. The maximum absolute atomic E-state index is 4.76. The van der Waals surface area contributed by atoms with Gasteiger partial charge in [-0.25, -0.2) is 0 Å². The molecular weight excluding hydrogens is 210 g/mol. The number of aromatic nitrogens is 2. The summed E-state index contributed by atoms with van der Waals surface area (Å²) in [5, 5.41) is 8.15. The molecule has 0 saturated heterocycles. The third kappa shape index (κ3) is 2.71. The summed E-state index contributed by atoms with van der Waals surface area (Å²) in [7, 11) is 0. The second-order valence-electron chi connectivity index (χ2n) is 5.14. The van der Waals surface area contributed by atoms with E-state index in [1.165, 1.54) is 42.6 Å². The van der Waals surface area contributed by atoms with Crippen LogP contribution in [-0.4, -0.2) is 22.9 Å². The fourth-order valence-electron chi connectivity index (χ4n) is 2.95. The Morgan fingerprint density at radius 2 is 2.00 bits per heavy atom. The molecule has 0 unspecified atom stereocenters. The first-order chi connectivity index (χ1) is 8.24. The third-order valence-electron chi connectivity index (χ3n) is 3.95. The van der Waals surface area contributed by atoms with Crippen molar-refractivity contribution < 1.29 is 0 Å². The zero-order valence-electron chi connectivity index (χ0n) is 11.4. The van der Waals surface area contributed by atoms with Crippen LogP contribution >= 0.6 is 0 Å². The van der Waals surface area contributed by atoms with Gasteiger partial charge < -0.3 is 5.32 Å². The van der Waals surface area contributed by atoms with E-state index in [4.69, 9.17) is 5.10 Å². The summed E-state index contributed by atoms with van der Waals surface area (Å²) in [5.74, 6) is 0. The van der Waals surface area contributed by atoms with Gasteiger partial charge in [0.25, 0.3) is 0 Å². The van der Waals surface area contributed by atoms with E-state index in [-0.39, 0.29) is 0 Å². The minimum atomic E-state index is 0.668. The average molecular weight is 235 g/mol. The molecule has 1 aliphatic rings. The van der Waals surface area contributed by atoms with Crippen LogP contribution in [0.5, 0.6) is 0 Å². The van der Waals surface area contributed by atoms with Crippen LogP contribution in [0.3, 0.4) is 0 Å². The molecule has 1 aliphatic carbocycles. The van der Waals surface area contributed by atoms with Crippen LogP contribution < -0.4 is 5.32 Å². The largest absolute Gasteiger partial charge is 0.317 e. The highest BCUT2D eigenvalue weighted by molar-refractivity contribution is 5.25. The molecule has 0 amide bonds.